The minimum absolute atomic E-state index is 0.0000569. The summed E-state index contributed by atoms with van der Waals surface area (Å²) in [5.74, 6) is -0.222. The Balaban J connectivity index is 1.42. The minimum atomic E-state index is -0.468. The number of fused-ring (bicyclic) bond motifs is 1. The molecule has 0 bridgehead atoms. The van der Waals surface area contributed by atoms with E-state index < -0.39 is 11.5 Å². The predicted octanol–water partition coefficient (Wildman–Crippen LogP) is 4.45. The van der Waals surface area contributed by atoms with E-state index in [-0.39, 0.29) is 35.9 Å². The summed E-state index contributed by atoms with van der Waals surface area (Å²) >= 11 is 0. The molecule has 43 heavy (non-hydrogen) atoms. The van der Waals surface area contributed by atoms with Crippen LogP contribution in [0.3, 0.4) is 0 Å². The van der Waals surface area contributed by atoms with Gasteiger partial charge >= 0.3 is 0 Å². The van der Waals surface area contributed by atoms with Crippen LogP contribution in [0, 0.1) is 0 Å². The number of carbonyl (C=O) groups excluding carboxylic acids is 1. The number of morpholine rings is 1. The summed E-state index contributed by atoms with van der Waals surface area (Å²) in [5.41, 5.74) is 3.97. The van der Waals surface area contributed by atoms with E-state index >= 15 is 0 Å². The summed E-state index contributed by atoms with van der Waals surface area (Å²) in [6.45, 7) is 7.03. The number of H-pyrrole nitrogens is 1. The number of anilines is 3. The third-order valence-electron chi connectivity index (χ3n) is 7.41. The van der Waals surface area contributed by atoms with Crippen molar-refractivity contribution in [3.63, 3.8) is 0 Å². The molecule has 2 aliphatic rings. The van der Waals surface area contributed by atoms with Crippen molar-refractivity contribution in [3.05, 3.63) is 106 Å². The van der Waals surface area contributed by atoms with Crippen LogP contribution in [0.5, 0.6) is 0 Å². The summed E-state index contributed by atoms with van der Waals surface area (Å²) in [7, 11) is 0. The number of aliphatic imine (C=N–C) groups is 1. The molecule has 6 rings (SSSR count). The zero-order valence-electron chi connectivity index (χ0n) is 23.1. The van der Waals surface area contributed by atoms with E-state index in [2.05, 4.69) is 31.3 Å². The summed E-state index contributed by atoms with van der Waals surface area (Å²) < 4.78 is 6.77. The van der Waals surface area contributed by atoms with Crippen LogP contribution >= 0.6 is 0 Å². The van der Waals surface area contributed by atoms with Gasteiger partial charge in [-0.1, -0.05) is 30.8 Å². The van der Waals surface area contributed by atoms with Crippen molar-refractivity contribution < 1.29 is 29.8 Å². The molecule has 0 aliphatic carbocycles. The Morgan fingerprint density at radius 2 is 1.37 bits per heavy atom. The highest BCUT2D eigenvalue weighted by atomic mass is 17.1. The summed E-state index contributed by atoms with van der Waals surface area (Å²) in [5, 5.41) is 20.7. The molecule has 0 spiro atoms. The minimum Gasteiger partial charge on any atom is -0.378 e. The highest BCUT2D eigenvalue weighted by Crippen LogP contribution is 2.37. The quantitative estimate of drug-likeness (QED) is 0.204. The Hall–Kier alpha value is -4.85. The molecule has 3 N–H and O–H groups in total. The largest absolute Gasteiger partial charge is 0.378 e. The van der Waals surface area contributed by atoms with Crippen molar-refractivity contribution in [2.75, 3.05) is 36.1 Å². The number of carbonyl (C=O) groups is 1. The Morgan fingerprint density at radius 3 is 1.95 bits per heavy atom. The first-order chi connectivity index (χ1) is 21.0. The molecule has 0 unspecified atom stereocenters. The van der Waals surface area contributed by atoms with Crippen LogP contribution in [-0.2, 0) is 32.5 Å². The smallest absolute Gasteiger partial charge is 0.283 e. The van der Waals surface area contributed by atoms with E-state index in [1.807, 2.05) is 24.3 Å². The summed E-state index contributed by atoms with van der Waals surface area (Å²) in [4.78, 5) is 44.6. The van der Waals surface area contributed by atoms with Crippen LogP contribution in [0.15, 0.2) is 89.2 Å². The fourth-order valence-electron chi connectivity index (χ4n) is 5.18. The van der Waals surface area contributed by atoms with E-state index in [1.54, 1.807) is 48.5 Å². The van der Waals surface area contributed by atoms with Crippen LogP contribution in [0.1, 0.15) is 16.7 Å². The summed E-state index contributed by atoms with van der Waals surface area (Å²) in [6, 6.07) is 21.2. The zero-order valence-corrected chi connectivity index (χ0v) is 23.1. The number of ether oxygens (including phenoxy) is 1. The van der Waals surface area contributed by atoms with Crippen LogP contribution < -0.4 is 15.4 Å². The molecule has 0 saturated carbocycles. The van der Waals surface area contributed by atoms with Gasteiger partial charge in [-0.2, -0.15) is 0 Å². The van der Waals surface area contributed by atoms with Gasteiger partial charge in [-0.25, -0.2) is 19.4 Å². The first-order valence-corrected chi connectivity index (χ1v) is 13.6. The molecule has 0 atom stereocenters. The number of nitrogens with one attached hydrogen (secondary N) is 1. The fourth-order valence-corrected chi connectivity index (χ4v) is 5.18. The number of hydrogen-bond acceptors (Lipinski definition) is 9. The lowest BCUT2D eigenvalue weighted by Gasteiger charge is -2.29. The second kappa shape index (κ2) is 12.2. The second-order valence-corrected chi connectivity index (χ2v) is 10.1. The van der Waals surface area contributed by atoms with Crippen molar-refractivity contribution in [1.29, 1.82) is 0 Å². The van der Waals surface area contributed by atoms with Crippen molar-refractivity contribution in [2.45, 2.75) is 13.2 Å². The Bertz CT molecular complexity index is 1720. The molecule has 12 heteroatoms. The van der Waals surface area contributed by atoms with Crippen molar-refractivity contribution in [2.24, 2.45) is 4.99 Å². The molecule has 3 heterocycles. The maximum atomic E-state index is 14.1. The number of amides is 1. The molecule has 12 nitrogen and oxygen atoms in total. The number of hydrogen-bond donors (Lipinski definition) is 3. The summed E-state index contributed by atoms with van der Waals surface area (Å²) in [6.07, 6.45) is 0. The molecule has 3 aromatic carbocycles. The van der Waals surface area contributed by atoms with E-state index in [9.17, 15) is 9.59 Å². The van der Waals surface area contributed by atoms with Crippen molar-refractivity contribution >= 4 is 40.1 Å². The van der Waals surface area contributed by atoms with E-state index in [1.165, 1.54) is 9.58 Å². The van der Waals surface area contributed by atoms with Crippen LogP contribution in [0.2, 0.25) is 0 Å². The first kappa shape index (κ1) is 28.3. The molecular formula is C31H29N5O7. The third-order valence-corrected chi connectivity index (χ3v) is 7.41. The van der Waals surface area contributed by atoms with E-state index in [4.69, 9.17) is 15.3 Å². The third kappa shape index (κ3) is 5.52. The maximum Gasteiger partial charge on any atom is 0.283 e. The van der Waals surface area contributed by atoms with E-state index in [0.29, 0.717) is 41.4 Å². The van der Waals surface area contributed by atoms with Gasteiger partial charge in [-0.05, 0) is 59.7 Å². The number of aromatic amines is 1. The average Bonchev–Trinajstić information content (AvgIpc) is 3.38. The molecule has 4 aromatic rings. The number of rotatable bonds is 8. The molecule has 1 fully saturated rings. The number of nitrogens with zero attached hydrogens (tertiary/aromatic N) is 4. The Morgan fingerprint density at radius 1 is 0.814 bits per heavy atom. The van der Waals surface area contributed by atoms with Gasteiger partial charge in [0.25, 0.3) is 11.5 Å². The molecule has 1 aromatic heterocycles. The average molecular weight is 584 g/mol. The molecule has 1 saturated heterocycles. The van der Waals surface area contributed by atoms with Crippen LogP contribution in [-0.4, -0.2) is 58.2 Å². The Kier molecular flexibility index (Phi) is 8.01. The molecule has 1 amide bonds. The zero-order chi connectivity index (χ0) is 29.9. The SMILES string of the molecule is C=C1C(=Nc2ccc(N3CCOCC3)cc2)C(=O)N(c2ccc(COO)cc2)c2[nH]n(-c3ccc(COO)cc3)c(=O)c21. The predicted molar refractivity (Wildman–Crippen MR) is 160 cm³/mol. The van der Waals surface area contributed by atoms with Gasteiger partial charge in [0.15, 0.2) is 0 Å². The molecule has 2 aliphatic heterocycles. The van der Waals surface area contributed by atoms with Crippen LogP contribution in [0.4, 0.5) is 22.9 Å². The molecular weight excluding hydrogens is 554 g/mol. The van der Waals surface area contributed by atoms with Gasteiger partial charge < -0.3 is 9.64 Å². The van der Waals surface area contributed by atoms with Crippen molar-refractivity contribution in [3.8, 4) is 5.69 Å². The monoisotopic (exact) mass is 583 g/mol. The Labute approximate surface area is 246 Å². The van der Waals surface area contributed by atoms with Crippen LogP contribution in [0.25, 0.3) is 11.3 Å². The van der Waals surface area contributed by atoms with Gasteiger partial charge in [0.1, 0.15) is 24.7 Å². The highest BCUT2D eigenvalue weighted by molar-refractivity contribution is 6.61. The van der Waals surface area contributed by atoms with E-state index in [0.717, 1.165) is 18.8 Å². The number of aromatic nitrogens is 2. The standard InChI is InChI=1S/C31H29N5O7/c1-20-27-29(33-36(30(27)37)26-10-4-22(5-11-26)19-43-40)35(25-8-2-21(3-9-25)18-42-39)31(38)28(20)32-23-6-12-24(13-7-23)34-14-16-41-17-15-34/h2-13,33,39-40H,1,14-19H2. The lowest BCUT2D eigenvalue weighted by molar-refractivity contribution is -0.253. The van der Waals surface area contributed by atoms with Gasteiger partial charge in [0, 0.05) is 24.4 Å². The topological polar surface area (TPSA) is 142 Å². The fraction of sp³-hybridized carbons (Fsp3) is 0.194. The lowest BCUT2D eigenvalue weighted by Crippen LogP contribution is -2.38. The normalized spacial score (nSPS) is 16.2. The first-order valence-electron chi connectivity index (χ1n) is 13.6. The maximum absolute atomic E-state index is 14.1. The van der Waals surface area contributed by atoms with Gasteiger partial charge in [0.05, 0.1) is 35.8 Å². The number of benzene rings is 3. The van der Waals surface area contributed by atoms with Gasteiger partial charge in [-0.15, -0.1) is 0 Å². The lowest BCUT2D eigenvalue weighted by atomic mass is 9.98. The molecule has 220 valence electrons. The van der Waals surface area contributed by atoms with Gasteiger partial charge in [0.2, 0.25) is 0 Å². The van der Waals surface area contributed by atoms with Gasteiger partial charge in [-0.3, -0.25) is 30.1 Å². The van der Waals surface area contributed by atoms with Crippen molar-refractivity contribution in [1.82, 2.24) is 9.78 Å². The highest BCUT2D eigenvalue weighted by Gasteiger charge is 2.38. The second-order valence-electron chi connectivity index (χ2n) is 10.1. The molecule has 0 radical (unpaired) electrons.